The van der Waals surface area contributed by atoms with Gasteiger partial charge in [0.25, 0.3) is 0 Å². The number of nitrogens with zero attached hydrogens (tertiary/aromatic N) is 1. The first kappa shape index (κ1) is 25.3. The fraction of sp³-hybridized carbons (Fsp3) is 0.500. The van der Waals surface area contributed by atoms with Crippen molar-refractivity contribution in [3.63, 3.8) is 0 Å². The Hall–Kier alpha value is -2.94. The summed E-state index contributed by atoms with van der Waals surface area (Å²) in [6.45, 7) is 4.35. The quantitative estimate of drug-likeness (QED) is 0.196. The average Bonchev–Trinajstić information content (AvgIpc) is 2.78. The van der Waals surface area contributed by atoms with Crippen molar-refractivity contribution in [3.8, 4) is 11.5 Å². The number of amides is 1. The minimum absolute atomic E-state index is 0.0195. The molecule has 0 bridgehead atoms. The number of phenols is 1. The number of hydrogen-bond acceptors (Lipinski definition) is 9. The molecule has 2 rings (SSSR count). The second-order valence-corrected chi connectivity index (χ2v) is 9.77. The second kappa shape index (κ2) is 13.5. The zero-order chi connectivity index (χ0) is 23.3. The van der Waals surface area contributed by atoms with Crippen molar-refractivity contribution in [2.45, 2.75) is 24.5 Å². The van der Waals surface area contributed by atoms with Gasteiger partial charge in [0.15, 0.2) is 5.96 Å². The molecule has 0 spiro atoms. The summed E-state index contributed by atoms with van der Waals surface area (Å²) in [6.07, 6.45) is 1.65. The van der Waals surface area contributed by atoms with Crippen molar-refractivity contribution in [3.05, 3.63) is 23.8 Å². The van der Waals surface area contributed by atoms with Gasteiger partial charge in [-0.1, -0.05) is 0 Å². The van der Waals surface area contributed by atoms with E-state index in [1.165, 1.54) is 18.2 Å². The van der Waals surface area contributed by atoms with E-state index in [1.807, 2.05) is 6.92 Å². The SMILES string of the molecule is CCCOC(=O)[AsH][C@@H](CNC(=O)c1ccc(OCCNC2=NCCCN2)cc1O)C(=O)O. The van der Waals surface area contributed by atoms with Crippen molar-refractivity contribution < 1.29 is 34.1 Å². The molecule has 0 radical (unpaired) electrons. The number of rotatable bonds is 12. The number of aromatic hydroxyl groups is 1. The van der Waals surface area contributed by atoms with Gasteiger partial charge in [0.2, 0.25) is 0 Å². The number of guanidine groups is 1. The Kier molecular flexibility index (Phi) is 10.7. The Balaban J connectivity index is 1.81. The molecule has 12 heteroatoms. The van der Waals surface area contributed by atoms with Crippen LogP contribution in [0.2, 0.25) is 4.71 Å². The molecule has 1 unspecified atom stereocenters. The molecule has 0 fully saturated rings. The number of phenolic OH excluding ortho intramolecular Hbond substituents is 1. The van der Waals surface area contributed by atoms with E-state index in [9.17, 15) is 24.6 Å². The molecule has 0 aliphatic carbocycles. The summed E-state index contributed by atoms with van der Waals surface area (Å²) in [7, 11) is 0. The van der Waals surface area contributed by atoms with Crippen LogP contribution in [0.1, 0.15) is 30.1 Å². The molecule has 1 aliphatic rings. The molecular weight excluding hydrogens is 483 g/mol. The number of nitrogens with one attached hydrogen (secondary N) is 3. The van der Waals surface area contributed by atoms with E-state index in [-0.39, 0.29) is 24.5 Å². The van der Waals surface area contributed by atoms with Crippen LogP contribution in [0.15, 0.2) is 23.2 Å². The van der Waals surface area contributed by atoms with Crippen molar-refractivity contribution in [1.82, 2.24) is 16.0 Å². The summed E-state index contributed by atoms with van der Waals surface area (Å²) < 4.78 is 8.97. The zero-order valence-electron chi connectivity index (χ0n) is 17.8. The number of hydrogen-bond donors (Lipinski definition) is 5. The Bertz CT molecular complexity index is 834. The number of carboxylic acids is 1. The molecule has 1 aliphatic heterocycles. The van der Waals surface area contributed by atoms with Crippen LogP contribution in [-0.2, 0) is 9.53 Å². The van der Waals surface area contributed by atoms with Crippen LogP contribution in [0, 0.1) is 0 Å². The van der Waals surface area contributed by atoms with E-state index in [0.717, 1.165) is 25.5 Å². The maximum absolute atomic E-state index is 12.4. The summed E-state index contributed by atoms with van der Waals surface area (Å²) in [6, 6.07) is 4.24. The summed E-state index contributed by atoms with van der Waals surface area (Å²) >= 11 is -1.61. The summed E-state index contributed by atoms with van der Waals surface area (Å²) in [4.78, 5) is 39.7. The first-order chi connectivity index (χ1) is 15.4. The van der Waals surface area contributed by atoms with Crippen molar-refractivity contribution in [2.75, 3.05) is 39.4 Å². The number of ether oxygens (including phenoxy) is 2. The molecule has 0 aromatic heterocycles. The van der Waals surface area contributed by atoms with Crippen LogP contribution in [0.4, 0.5) is 4.79 Å². The van der Waals surface area contributed by atoms with Crippen LogP contribution in [0.3, 0.4) is 0 Å². The van der Waals surface area contributed by atoms with Crippen LogP contribution < -0.4 is 20.7 Å². The summed E-state index contributed by atoms with van der Waals surface area (Å²) in [5.41, 5.74) is -0.0195. The molecule has 32 heavy (non-hydrogen) atoms. The molecule has 1 amide bonds. The van der Waals surface area contributed by atoms with Crippen LogP contribution >= 0.6 is 0 Å². The normalized spacial score (nSPS) is 14.2. The van der Waals surface area contributed by atoms with Crippen molar-refractivity contribution >= 4 is 38.3 Å². The van der Waals surface area contributed by atoms with Crippen LogP contribution in [-0.4, -0.2) is 88.0 Å². The maximum atomic E-state index is 12.4. The summed E-state index contributed by atoms with van der Waals surface area (Å²) in [5.74, 6) is -0.993. The molecular formula is C20H29AsN4O7. The third kappa shape index (κ3) is 8.66. The van der Waals surface area contributed by atoms with Crippen molar-refractivity contribution in [2.24, 2.45) is 4.99 Å². The standard InChI is InChI=1S/C20H29AsN4O7/c1-2-9-32-19(30)21-15(18(28)29)12-25-17(27)14-5-4-13(11-16(14)26)31-10-8-24-20-22-6-3-7-23-20/h4-5,11,15,21,26H,2-3,6-10,12H2,1H3,(H,25,27)(H,28,29)(H2,22,23,24)/t15-/m0/s1. The van der Waals surface area contributed by atoms with Crippen LogP contribution in [0.5, 0.6) is 11.5 Å². The monoisotopic (exact) mass is 512 g/mol. The number of carbonyl (C=O) groups is 3. The number of carboxylic acid groups (broad SMARTS) is 1. The van der Waals surface area contributed by atoms with Gasteiger partial charge in [0, 0.05) is 13.1 Å². The van der Waals surface area contributed by atoms with Gasteiger partial charge in [-0.05, 0) is 6.42 Å². The first-order valence-corrected chi connectivity index (χ1v) is 12.6. The van der Waals surface area contributed by atoms with Gasteiger partial charge >= 0.3 is 157 Å². The van der Waals surface area contributed by atoms with Gasteiger partial charge in [0.1, 0.15) is 0 Å². The van der Waals surface area contributed by atoms with Crippen molar-refractivity contribution in [1.29, 1.82) is 0 Å². The fourth-order valence-corrected chi connectivity index (χ4v) is 4.32. The van der Waals surface area contributed by atoms with Crippen LogP contribution in [0.25, 0.3) is 0 Å². The third-order valence-corrected chi connectivity index (χ3v) is 6.74. The molecule has 0 saturated heterocycles. The Morgan fingerprint density at radius 1 is 1.31 bits per heavy atom. The summed E-state index contributed by atoms with van der Waals surface area (Å²) in [5, 5.41) is 28.2. The molecule has 1 aromatic rings. The van der Waals surface area contributed by atoms with E-state index < -0.39 is 37.1 Å². The minimum atomic E-state index is -1.61. The van der Waals surface area contributed by atoms with Gasteiger partial charge < -0.3 is 5.32 Å². The first-order valence-electron chi connectivity index (χ1n) is 10.3. The molecule has 5 N–H and O–H groups in total. The van der Waals surface area contributed by atoms with Gasteiger partial charge in [-0.2, -0.15) is 0 Å². The molecule has 1 heterocycles. The van der Waals surface area contributed by atoms with Gasteiger partial charge in [-0.25, -0.2) is 0 Å². The van der Waals surface area contributed by atoms with Gasteiger partial charge in [-0.3, -0.25) is 4.99 Å². The van der Waals surface area contributed by atoms with E-state index in [0.29, 0.717) is 25.3 Å². The van der Waals surface area contributed by atoms with E-state index >= 15 is 0 Å². The number of aliphatic imine (C=N–C) groups is 1. The van der Waals surface area contributed by atoms with E-state index in [1.54, 1.807) is 0 Å². The Labute approximate surface area is 192 Å². The molecule has 11 nitrogen and oxygen atoms in total. The Morgan fingerprint density at radius 2 is 2.12 bits per heavy atom. The predicted octanol–water partition coefficient (Wildman–Crippen LogP) is 0.296. The van der Waals surface area contributed by atoms with E-state index in [2.05, 4.69) is 20.9 Å². The Morgan fingerprint density at radius 3 is 2.78 bits per heavy atom. The molecule has 176 valence electrons. The van der Waals surface area contributed by atoms with Gasteiger partial charge in [0.05, 0.1) is 0 Å². The second-order valence-electron chi connectivity index (χ2n) is 6.85. The predicted molar refractivity (Wildman–Crippen MR) is 119 cm³/mol. The fourth-order valence-electron chi connectivity index (χ4n) is 2.65. The van der Waals surface area contributed by atoms with Gasteiger partial charge in [-0.15, -0.1) is 0 Å². The molecule has 1 aromatic carbocycles. The molecule has 2 atom stereocenters. The molecule has 0 saturated carbocycles. The number of aliphatic carboxylic acids is 1. The topological polar surface area (TPSA) is 159 Å². The van der Waals surface area contributed by atoms with E-state index in [4.69, 9.17) is 9.47 Å². The number of benzene rings is 1. The average molecular weight is 512 g/mol. The third-order valence-electron chi connectivity index (χ3n) is 4.27. The number of carbonyl (C=O) groups excluding carboxylic acids is 2. The zero-order valence-corrected chi connectivity index (χ0v) is 19.9.